The normalized spacial score (nSPS) is 19.5. The van der Waals surface area contributed by atoms with Gasteiger partial charge in [0.05, 0.1) is 24.4 Å². The van der Waals surface area contributed by atoms with Gasteiger partial charge in [0.25, 0.3) is 5.91 Å². The summed E-state index contributed by atoms with van der Waals surface area (Å²) in [6, 6.07) is 4.31. The first-order valence-corrected chi connectivity index (χ1v) is 14.3. The molecule has 47 heavy (non-hydrogen) atoms. The van der Waals surface area contributed by atoms with Gasteiger partial charge in [-0.25, -0.2) is 22.8 Å². The summed E-state index contributed by atoms with van der Waals surface area (Å²) < 4.78 is 99.7. The number of hydrogen-bond acceptors (Lipinski definition) is 7. The van der Waals surface area contributed by atoms with Crippen LogP contribution in [0.15, 0.2) is 36.5 Å². The lowest BCUT2D eigenvalue weighted by molar-refractivity contribution is -0.265. The fourth-order valence-corrected chi connectivity index (χ4v) is 5.42. The van der Waals surface area contributed by atoms with E-state index in [0.717, 1.165) is 16.8 Å². The van der Waals surface area contributed by atoms with Crippen molar-refractivity contribution < 1.29 is 50.5 Å². The SMILES string of the molecule is COc1cc(C(=O)NCC(O)(c2cc3c(c(-c4cc(Cl)c(F)cc4F)n2)OC[C@]3(C)C(N)=O)C(F)(F)F)cc2cn(C3(F)CC3)nc12. The van der Waals surface area contributed by atoms with Gasteiger partial charge in [-0.05, 0) is 31.2 Å². The second kappa shape index (κ2) is 10.7. The highest BCUT2D eigenvalue weighted by Crippen LogP contribution is 2.49. The van der Waals surface area contributed by atoms with Crippen molar-refractivity contribution >= 4 is 34.3 Å². The van der Waals surface area contributed by atoms with E-state index >= 15 is 4.39 Å². The Labute approximate surface area is 266 Å². The number of aromatic nitrogens is 3. The van der Waals surface area contributed by atoms with Crippen LogP contribution >= 0.6 is 11.6 Å². The number of nitrogens with two attached hydrogens (primary N) is 1. The van der Waals surface area contributed by atoms with Crippen LogP contribution in [-0.4, -0.2) is 58.1 Å². The summed E-state index contributed by atoms with van der Waals surface area (Å²) >= 11 is 5.83. The van der Waals surface area contributed by atoms with Gasteiger partial charge in [-0.3, -0.25) is 9.59 Å². The fraction of sp³-hybridized carbons (Fsp3) is 0.333. The first-order chi connectivity index (χ1) is 21.9. The van der Waals surface area contributed by atoms with Crippen LogP contribution in [0.3, 0.4) is 0 Å². The van der Waals surface area contributed by atoms with Crippen LogP contribution in [0.25, 0.3) is 22.2 Å². The van der Waals surface area contributed by atoms with Crippen molar-refractivity contribution in [2.75, 3.05) is 20.3 Å². The minimum absolute atomic E-state index is 0.0392. The first kappa shape index (κ1) is 32.4. The van der Waals surface area contributed by atoms with Gasteiger partial charge in [0, 0.05) is 47.2 Å². The average molecular weight is 684 g/mol. The summed E-state index contributed by atoms with van der Waals surface area (Å²) in [6.45, 7) is -0.733. The molecule has 10 nitrogen and oxygen atoms in total. The van der Waals surface area contributed by atoms with E-state index in [1.54, 1.807) is 0 Å². The largest absolute Gasteiger partial charge is 0.494 e. The molecule has 248 valence electrons. The molecule has 4 N–H and O–H groups in total. The number of primary amides is 1. The summed E-state index contributed by atoms with van der Waals surface area (Å²) in [7, 11) is 1.26. The van der Waals surface area contributed by atoms with E-state index in [9.17, 15) is 36.6 Å². The van der Waals surface area contributed by atoms with Crippen molar-refractivity contribution in [2.24, 2.45) is 5.73 Å². The number of nitrogens with zero attached hydrogens (tertiary/aromatic N) is 3. The molecule has 0 saturated heterocycles. The topological polar surface area (TPSA) is 142 Å². The molecule has 4 aromatic rings. The highest BCUT2D eigenvalue weighted by atomic mass is 35.5. The number of fused-ring (bicyclic) bond motifs is 2. The van der Waals surface area contributed by atoms with E-state index in [1.165, 1.54) is 32.4 Å². The molecule has 0 spiro atoms. The zero-order valence-electron chi connectivity index (χ0n) is 24.4. The molecule has 2 aliphatic rings. The molecule has 1 fully saturated rings. The molecule has 1 aliphatic heterocycles. The number of methoxy groups -OCH3 is 1. The van der Waals surface area contributed by atoms with Crippen LogP contribution in [0.5, 0.6) is 11.5 Å². The molecule has 1 unspecified atom stereocenters. The predicted molar refractivity (Wildman–Crippen MR) is 154 cm³/mol. The van der Waals surface area contributed by atoms with Crippen LogP contribution in [0.1, 0.15) is 41.4 Å². The lowest BCUT2D eigenvalue weighted by Crippen LogP contribution is -2.51. The maximum absolute atomic E-state index is 15.0. The van der Waals surface area contributed by atoms with Crippen molar-refractivity contribution in [1.82, 2.24) is 20.1 Å². The van der Waals surface area contributed by atoms with Crippen molar-refractivity contribution in [1.29, 1.82) is 0 Å². The third-order valence-corrected chi connectivity index (χ3v) is 8.70. The highest BCUT2D eigenvalue weighted by molar-refractivity contribution is 6.31. The van der Waals surface area contributed by atoms with E-state index in [4.69, 9.17) is 26.8 Å². The number of rotatable bonds is 8. The van der Waals surface area contributed by atoms with E-state index < -0.39 is 81.6 Å². The number of aliphatic hydroxyl groups is 1. The fourth-order valence-electron chi connectivity index (χ4n) is 5.26. The molecule has 3 heterocycles. The Bertz CT molecular complexity index is 1980. The second-order valence-corrected chi connectivity index (χ2v) is 12.0. The zero-order chi connectivity index (χ0) is 34.3. The van der Waals surface area contributed by atoms with Gasteiger partial charge < -0.3 is 25.6 Å². The zero-order valence-corrected chi connectivity index (χ0v) is 25.2. The van der Waals surface area contributed by atoms with Gasteiger partial charge in [-0.15, -0.1) is 0 Å². The quantitative estimate of drug-likeness (QED) is 0.180. The van der Waals surface area contributed by atoms with Gasteiger partial charge in [0.15, 0.2) is 0 Å². The maximum Gasteiger partial charge on any atom is 0.424 e. The minimum atomic E-state index is -5.52. The third kappa shape index (κ3) is 5.19. The monoisotopic (exact) mass is 683 g/mol. The van der Waals surface area contributed by atoms with Crippen molar-refractivity contribution in [2.45, 2.75) is 42.8 Å². The molecule has 1 aliphatic carbocycles. The van der Waals surface area contributed by atoms with Crippen LogP contribution in [-0.2, 0) is 21.6 Å². The molecule has 2 aromatic carbocycles. The summed E-state index contributed by atoms with van der Waals surface area (Å²) in [4.78, 5) is 29.5. The standard InChI is InChI=1S/C30H24ClF6N5O5/c1-27(26(38)44)12-47-24-16(27)8-21(40-23(24)15-7-17(31)19(33)9-18(15)32)29(45,30(35,36)37)11-39-25(43)13-5-14-10-42(28(34)3-4-28)41-22(14)20(6-13)46-2/h5-10,45H,3-4,11-12H2,1-2H3,(H2,38,44)(H,39,43)/t27-,29?/m0/s1. The minimum Gasteiger partial charge on any atom is -0.494 e. The summed E-state index contributed by atoms with van der Waals surface area (Å²) in [6.07, 6.45) is -3.72. The van der Waals surface area contributed by atoms with Gasteiger partial charge in [-0.2, -0.15) is 18.3 Å². The molecule has 2 amide bonds. The molecule has 6 rings (SSSR count). The number of pyridine rings is 1. The molecule has 17 heteroatoms. The Hall–Kier alpha value is -4.57. The molecular weight excluding hydrogens is 660 g/mol. The summed E-state index contributed by atoms with van der Waals surface area (Å²) in [5.74, 6) is -6.55. The highest BCUT2D eigenvalue weighted by Gasteiger charge is 2.58. The number of carbonyl (C=O) groups is 2. The Morgan fingerprint density at radius 1 is 1.17 bits per heavy atom. The Morgan fingerprint density at radius 2 is 1.87 bits per heavy atom. The van der Waals surface area contributed by atoms with Gasteiger partial charge in [0.2, 0.25) is 17.3 Å². The maximum atomic E-state index is 15.0. The summed E-state index contributed by atoms with van der Waals surface area (Å²) in [5.41, 5.74) is -2.82. The van der Waals surface area contributed by atoms with Crippen LogP contribution in [0.4, 0.5) is 26.3 Å². The number of alkyl halides is 4. The third-order valence-electron chi connectivity index (χ3n) is 8.41. The lowest BCUT2D eigenvalue weighted by Gasteiger charge is -2.31. The van der Waals surface area contributed by atoms with E-state index in [0.29, 0.717) is 6.07 Å². The number of carbonyl (C=O) groups excluding carboxylic acids is 2. The van der Waals surface area contributed by atoms with Crippen LogP contribution in [0.2, 0.25) is 5.02 Å². The van der Waals surface area contributed by atoms with Gasteiger partial charge in [0.1, 0.15) is 46.4 Å². The predicted octanol–water partition coefficient (Wildman–Crippen LogP) is 4.77. The van der Waals surface area contributed by atoms with Crippen LogP contribution in [0, 0.1) is 11.6 Å². The van der Waals surface area contributed by atoms with E-state index in [-0.39, 0.29) is 46.4 Å². The number of ether oxygens (including phenoxy) is 2. The Morgan fingerprint density at radius 3 is 2.49 bits per heavy atom. The van der Waals surface area contributed by atoms with Crippen molar-refractivity contribution in [3.63, 3.8) is 0 Å². The molecule has 0 bridgehead atoms. The lowest BCUT2D eigenvalue weighted by atomic mass is 9.81. The molecular formula is C30H24ClF6N5O5. The van der Waals surface area contributed by atoms with E-state index in [2.05, 4.69) is 10.1 Å². The average Bonchev–Trinajstić information content (AvgIpc) is 3.45. The Balaban J connectivity index is 1.43. The second-order valence-electron chi connectivity index (χ2n) is 11.6. The smallest absolute Gasteiger partial charge is 0.424 e. The van der Waals surface area contributed by atoms with Crippen molar-refractivity contribution in [3.05, 3.63) is 70.0 Å². The number of hydrogen-bond donors (Lipinski definition) is 3. The van der Waals surface area contributed by atoms with Crippen molar-refractivity contribution in [3.8, 4) is 22.8 Å². The van der Waals surface area contributed by atoms with E-state index in [1.807, 2.05) is 5.32 Å². The molecule has 0 radical (unpaired) electrons. The van der Waals surface area contributed by atoms with Gasteiger partial charge >= 0.3 is 6.18 Å². The molecule has 2 aromatic heterocycles. The molecule has 1 saturated carbocycles. The Kier molecular flexibility index (Phi) is 7.39. The number of nitrogens with one attached hydrogen (secondary N) is 1. The van der Waals surface area contributed by atoms with Gasteiger partial charge in [-0.1, -0.05) is 11.6 Å². The first-order valence-electron chi connectivity index (χ1n) is 13.9. The number of benzene rings is 2. The van der Waals surface area contributed by atoms with Crippen LogP contribution < -0.4 is 20.5 Å². The summed E-state index contributed by atoms with van der Waals surface area (Å²) in [5, 5.41) is 17.1. The number of amides is 2. The number of halogens is 7. The molecule has 2 atom stereocenters.